The molecule has 1 fully saturated rings. The van der Waals surface area contributed by atoms with E-state index >= 15 is 0 Å². The fourth-order valence-corrected chi connectivity index (χ4v) is 5.29. The third kappa shape index (κ3) is 3.91. The number of hydrogen-bond acceptors (Lipinski definition) is 5. The van der Waals surface area contributed by atoms with Crippen molar-refractivity contribution in [3.05, 3.63) is 71.0 Å². The van der Waals surface area contributed by atoms with Crippen LogP contribution >= 0.6 is 0 Å². The number of halogens is 1. The minimum absolute atomic E-state index is 0.0251. The van der Waals surface area contributed by atoms with Crippen molar-refractivity contribution in [1.82, 2.24) is 9.55 Å². The highest BCUT2D eigenvalue weighted by Gasteiger charge is 2.35. The number of amides is 1. The molecule has 2 aromatic carbocycles. The van der Waals surface area contributed by atoms with Gasteiger partial charge in [0.05, 0.1) is 34.8 Å². The van der Waals surface area contributed by atoms with Crippen LogP contribution in [0.4, 0.5) is 10.1 Å². The van der Waals surface area contributed by atoms with Crippen molar-refractivity contribution in [3.8, 4) is 0 Å². The van der Waals surface area contributed by atoms with E-state index in [1.807, 2.05) is 0 Å². The number of anilines is 1. The van der Waals surface area contributed by atoms with Crippen LogP contribution in [0, 0.1) is 5.82 Å². The quantitative estimate of drug-likeness (QED) is 0.648. The second-order valence-corrected chi connectivity index (χ2v) is 9.22. The Morgan fingerprint density at radius 3 is 2.66 bits per heavy atom. The third-order valence-corrected chi connectivity index (χ3v) is 6.72. The first-order chi connectivity index (χ1) is 13.8. The number of benzene rings is 2. The number of fused-ring (bicyclic) bond motifs is 1. The zero-order valence-electron chi connectivity index (χ0n) is 15.4. The SMILES string of the molecule is O=C(Cn1cnc2cc(F)ccc2c1=O)N(c1ccccc1)C1CCS(=O)(=O)C1. The van der Waals surface area contributed by atoms with Crippen LogP contribution < -0.4 is 10.5 Å². The maximum absolute atomic E-state index is 13.3. The molecule has 1 unspecified atom stereocenters. The topological polar surface area (TPSA) is 89.3 Å². The number of nitrogens with zero attached hydrogens (tertiary/aromatic N) is 3. The fraction of sp³-hybridized carbons (Fsp3) is 0.250. The molecule has 0 spiro atoms. The van der Waals surface area contributed by atoms with E-state index in [0.717, 1.165) is 16.7 Å². The first kappa shape index (κ1) is 19.3. The second-order valence-electron chi connectivity index (χ2n) is 7.00. The minimum Gasteiger partial charge on any atom is -0.307 e. The zero-order valence-corrected chi connectivity index (χ0v) is 16.2. The summed E-state index contributed by atoms with van der Waals surface area (Å²) in [7, 11) is -3.21. The van der Waals surface area contributed by atoms with Crippen LogP contribution in [0.5, 0.6) is 0 Å². The van der Waals surface area contributed by atoms with Crippen molar-refractivity contribution in [2.45, 2.75) is 19.0 Å². The van der Waals surface area contributed by atoms with Gasteiger partial charge in [0.1, 0.15) is 12.4 Å². The molecule has 4 rings (SSSR count). The standard InChI is InChI=1S/C20H18FN3O4S/c21-14-6-7-17-18(10-14)22-13-23(20(17)26)11-19(25)24(15-4-2-1-3-5-15)16-8-9-29(27,28)12-16/h1-7,10,13,16H,8-9,11-12H2. The van der Waals surface area contributed by atoms with Gasteiger partial charge in [-0.05, 0) is 30.7 Å². The molecule has 1 amide bonds. The van der Waals surface area contributed by atoms with Crippen molar-refractivity contribution < 1.29 is 17.6 Å². The molecule has 0 saturated carbocycles. The molecule has 0 radical (unpaired) electrons. The molecule has 1 aliphatic rings. The highest BCUT2D eigenvalue weighted by atomic mass is 32.2. The maximum Gasteiger partial charge on any atom is 0.261 e. The third-order valence-electron chi connectivity index (χ3n) is 4.97. The number of hydrogen-bond donors (Lipinski definition) is 0. The Labute approximate surface area is 166 Å². The summed E-state index contributed by atoms with van der Waals surface area (Å²) in [5, 5.41) is 0.205. The van der Waals surface area contributed by atoms with E-state index in [1.165, 1.54) is 17.3 Å². The van der Waals surface area contributed by atoms with E-state index in [-0.39, 0.29) is 29.0 Å². The van der Waals surface area contributed by atoms with Crippen LogP contribution in [0.3, 0.4) is 0 Å². The van der Waals surface area contributed by atoms with E-state index in [9.17, 15) is 22.4 Å². The van der Waals surface area contributed by atoms with Gasteiger partial charge in [0.2, 0.25) is 5.91 Å². The van der Waals surface area contributed by atoms with Gasteiger partial charge in [0.25, 0.3) is 5.56 Å². The van der Waals surface area contributed by atoms with Crippen LogP contribution in [0.15, 0.2) is 59.7 Å². The van der Waals surface area contributed by atoms with Gasteiger partial charge in [-0.25, -0.2) is 17.8 Å². The number of aromatic nitrogens is 2. The van der Waals surface area contributed by atoms with Crippen molar-refractivity contribution >= 4 is 32.3 Å². The molecule has 7 nitrogen and oxygen atoms in total. The predicted octanol–water partition coefficient (Wildman–Crippen LogP) is 1.76. The van der Waals surface area contributed by atoms with Crippen molar-refractivity contribution in [2.24, 2.45) is 0 Å². The lowest BCUT2D eigenvalue weighted by Crippen LogP contribution is -2.44. The Hall–Kier alpha value is -3.07. The predicted molar refractivity (Wildman–Crippen MR) is 107 cm³/mol. The molecule has 3 aromatic rings. The average Bonchev–Trinajstić information content (AvgIpc) is 3.04. The number of sulfone groups is 1. The van der Waals surface area contributed by atoms with Crippen LogP contribution in [0.25, 0.3) is 10.9 Å². The average molecular weight is 415 g/mol. The highest BCUT2D eigenvalue weighted by Crippen LogP contribution is 2.25. The van der Waals surface area contributed by atoms with E-state index in [4.69, 9.17) is 0 Å². The van der Waals surface area contributed by atoms with Crippen LogP contribution in [-0.4, -0.2) is 41.4 Å². The van der Waals surface area contributed by atoms with Crippen LogP contribution in [-0.2, 0) is 21.2 Å². The zero-order chi connectivity index (χ0) is 20.6. The van der Waals surface area contributed by atoms with Gasteiger partial charge in [-0.1, -0.05) is 18.2 Å². The lowest BCUT2D eigenvalue weighted by Gasteiger charge is -2.28. The number of carbonyl (C=O) groups is 1. The van der Waals surface area contributed by atoms with Crippen LogP contribution in [0.2, 0.25) is 0 Å². The molecule has 150 valence electrons. The molecular weight excluding hydrogens is 397 g/mol. The van der Waals surface area contributed by atoms with E-state index < -0.39 is 33.2 Å². The summed E-state index contributed by atoms with van der Waals surface area (Å²) in [5.74, 6) is -1.01. The normalized spacial score (nSPS) is 18.0. The minimum atomic E-state index is -3.21. The van der Waals surface area contributed by atoms with Crippen molar-refractivity contribution in [2.75, 3.05) is 16.4 Å². The van der Waals surface area contributed by atoms with Crippen LogP contribution in [0.1, 0.15) is 6.42 Å². The van der Waals surface area contributed by atoms with Gasteiger partial charge >= 0.3 is 0 Å². The van der Waals surface area contributed by atoms with Gasteiger partial charge in [-0.15, -0.1) is 0 Å². The van der Waals surface area contributed by atoms with Crippen molar-refractivity contribution in [1.29, 1.82) is 0 Å². The summed E-state index contributed by atoms with van der Waals surface area (Å²) in [6, 6.07) is 11.9. The number of carbonyl (C=O) groups excluding carboxylic acids is 1. The molecule has 1 saturated heterocycles. The van der Waals surface area contributed by atoms with Crippen molar-refractivity contribution in [3.63, 3.8) is 0 Å². The summed E-state index contributed by atoms with van der Waals surface area (Å²) in [6.07, 6.45) is 1.55. The summed E-state index contributed by atoms with van der Waals surface area (Å²) < 4.78 is 38.4. The summed E-state index contributed by atoms with van der Waals surface area (Å²) in [6.45, 7) is -0.301. The van der Waals surface area contributed by atoms with Gasteiger partial charge < -0.3 is 4.90 Å². The molecular formula is C20H18FN3O4S. The van der Waals surface area contributed by atoms with Gasteiger partial charge in [0.15, 0.2) is 9.84 Å². The number of para-hydroxylation sites is 1. The maximum atomic E-state index is 13.3. The number of rotatable bonds is 4. The van der Waals surface area contributed by atoms with E-state index in [1.54, 1.807) is 30.3 Å². The van der Waals surface area contributed by atoms with E-state index in [2.05, 4.69) is 4.98 Å². The first-order valence-corrected chi connectivity index (χ1v) is 10.9. The van der Waals surface area contributed by atoms with E-state index in [0.29, 0.717) is 12.1 Å². The molecule has 0 N–H and O–H groups in total. The Kier molecular flexibility index (Phi) is 4.91. The molecule has 0 bridgehead atoms. The Morgan fingerprint density at radius 1 is 1.21 bits per heavy atom. The summed E-state index contributed by atoms with van der Waals surface area (Å²) >= 11 is 0. The first-order valence-electron chi connectivity index (χ1n) is 9.06. The monoisotopic (exact) mass is 415 g/mol. The van der Waals surface area contributed by atoms with Gasteiger partial charge in [0, 0.05) is 11.8 Å². The highest BCUT2D eigenvalue weighted by molar-refractivity contribution is 7.91. The largest absolute Gasteiger partial charge is 0.307 e. The Morgan fingerprint density at radius 2 is 1.97 bits per heavy atom. The smallest absolute Gasteiger partial charge is 0.261 e. The van der Waals surface area contributed by atoms with Gasteiger partial charge in [-0.2, -0.15) is 0 Å². The lowest BCUT2D eigenvalue weighted by atomic mass is 10.1. The second kappa shape index (κ2) is 7.40. The molecule has 2 heterocycles. The molecule has 0 aliphatic carbocycles. The fourth-order valence-electron chi connectivity index (χ4n) is 3.59. The Bertz CT molecular complexity index is 1240. The Balaban J connectivity index is 1.68. The molecule has 9 heteroatoms. The lowest BCUT2D eigenvalue weighted by molar-refractivity contribution is -0.119. The molecule has 1 aliphatic heterocycles. The summed E-state index contributed by atoms with van der Waals surface area (Å²) in [5.41, 5.74) is 0.319. The molecule has 1 aromatic heterocycles. The molecule has 29 heavy (non-hydrogen) atoms. The summed E-state index contributed by atoms with van der Waals surface area (Å²) in [4.78, 5) is 31.3. The van der Waals surface area contributed by atoms with Gasteiger partial charge in [-0.3, -0.25) is 14.2 Å². The molecule has 1 atom stereocenters.